The van der Waals surface area contributed by atoms with E-state index >= 15 is 0 Å². The van der Waals surface area contributed by atoms with Crippen molar-refractivity contribution in [3.8, 4) is 0 Å². The summed E-state index contributed by atoms with van der Waals surface area (Å²) in [5.41, 5.74) is -0.0464. The molecule has 5 atom stereocenters. The number of hydrogen-bond donors (Lipinski definition) is 1. The van der Waals surface area contributed by atoms with Gasteiger partial charge in [0, 0.05) is 0 Å². The summed E-state index contributed by atoms with van der Waals surface area (Å²) in [5, 5.41) is 4.89. The van der Waals surface area contributed by atoms with Crippen LogP contribution in [0.25, 0.3) is 0 Å². The maximum atomic E-state index is 12.0. The molecule has 6 aliphatic rings. The van der Waals surface area contributed by atoms with Gasteiger partial charge in [0.05, 0.1) is 24.2 Å². The maximum Gasteiger partial charge on any atom is 0.309 e. The van der Waals surface area contributed by atoms with Crippen molar-refractivity contribution in [2.24, 2.45) is 46.6 Å². The smallest absolute Gasteiger partial charge is 0.309 e. The second-order valence-corrected chi connectivity index (χ2v) is 14.2. The van der Waals surface area contributed by atoms with Crippen LogP contribution in [0.5, 0.6) is 0 Å². The van der Waals surface area contributed by atoms with Gasteiger partial charge in [-0.05, 0) is 100 Å². The first-order valence-electron chi connectivity index (χ1n) is 14.2. The van der Waals surface area contributed by atoms with E-state index in [4.69, 9.17) is 9.88 Å². The van der Waals surface area contributed by atoms with E-state index in [1.807, 2.05) is 20.8 Å². The lowest BCUT2D eigenvalue weighted by molar-refractivity contribution is -0.190. The first-order chi connectivity index (χ1) is 16.9. The number of methoxy groups -OCH3 is 1. The van der Waals surface area contributed by atoms with Crippen LogP contribution >= 0.6 is 0 Å². The lowest BCUT2D eigenvalue weighted by atomic mass is 9.54. The molecule has 0 aromatic carbocycles. The summed E-state index contributed by atoms with van der Waals surface area (Å²) in [4.78, 5) is 22.6. The minimum absolute atomic E-state index is 0.0464. The molecule has 0 aromatic rings. The van der Waals surface area contributed by atoms with E-state index in [2.05, 4.69) is 11.7 Å². The molecular formula is C28H49NO6S. The Labute approximate surface area is 218 Å². The van der Waals surface area contributed by atoms with Crippen molar-refractivity contribution in [3.63, 3.8) is 0 Å². The van der Waals surface area contributed by atoms with E-state index in [9.17, 15) is 18.0 Å². The fourth-order valence-corrected chi connectivity index (χ4v) is 8.92. The molecule has 0 aliphatic heterocycles. The van der Waals surface area contributed by atoms with Crippen LogP contribution in [0.15, 0.2) is 0 Å². The van der Waals surface area contributed by atoms with Gasteiger partial charge >= 0.3 is 11.9 Å². The number of carbonyl (C=O) groups is 2. The molecule has 0 radical (unpaired) electrons. The largest absolute Gasteiger partial charge is 0.469 e. The standard InChI is InChI=1S/C15H24O2.C7H13NO2S.C6H12O2/c1-3-10(2)14(16)17-15-7-11-4-12(8-15)6-13(5-11)9-15;8-11(9,10)7-4-5-1-2-6(7)3-5;1-4-5(2)6(7)8-3/h10-13H,3-9H2,1-2H3;5-7H,1-4H2,(H2,8,9,10);5H,4H2,1-3H3. The third kappa shape index (κ3) is 7.24. The third-order valence-electron chi connectivity index (χ3n) is 9.63. The SMILES string of the molecule is CCC(C)C(=O)OC.CCC(C)C(=O)OC12CC3CC(CC(C3)C1)C2.NS(=O)(=O)C1CC2CCC1C2. The van der Waals surface area contributed by atoms with Crippen molar-refractivity contribution in [2.45, 2.75) is 116 Å². The van der Waals surface area contributed by atoms with Gasteiger partial charge in [-0.25, -0.2) is 13.6 Å². The second-order valence-electron chi connectivity index (χ2n) is 12.5. The van der Waals surface area contributed by atoms with E-state index < -0.39 is 10.0 Å². The number of primary sulfonamides is 1. The number of rotatable bonds is 6. The summed E-state index contributed by atoms with van der Waals surface area (Å²) in [6.45, 7) is 7.86. The second kappa shape index (κ2) is 12.1. The van der Waals surface area contributed by atoms with Crippen LogP contribution in [0.3, 0.4) is 0 Å². The molecule has 6 fully saturated rings. The van der Waals surface area contributed by atoms with Gasteiger partial charge in [0.1, 0.15) is 5.60 Å². The molecule has 2 N–H and O–H groups in total. The van der Waals surface area contributed by atoms with Crippen LogP contribution < -0.4 is 5.14 Å². The van der Waals surface area contributed by atoms with Gasteiger partial charge in [-0.2, -0.15) is 0 Å². The van der Waals surface area contributed by atoms with E-state index in [1.54, 1.807) is 0 Å². The Morgan fingerprint density at radius 1 is 0.833 bits per heavy atom. The summed E-state index contributed by atoms with van der Waals surface area (Å²) < 4.78 is 32.4. The van der Waals surface area contributed by atoms with Crippen LogP contribution in [-0.4, -0.2) is 38.3 Å². The van der Waals surface area contributed by atoms with Crippen molar-refractivity contribution in [1.29, 1.82) is 0 Å². The van der Waals surface area contributed by atoms with Gasteiger partial charge in [0.2, 0.25) is 10.0 Å². The van der Waals surface area contributed by atoms with Crippen molar-refractivity contribution < 1.29 is 27.5 Å². The number of esters is 2. The lowest BCUT2D eigenvalue weighted by Gasteiger charge is -2.55. The average Bonchev–Trinajstić information content (AvgIpc) is 3.46. The zero-order chi connectivity index (χ0) is 26.7. The molecule has 0 heterocycles. The normalized spacial score (nSPS) is 37.2. The Kier molecular flexibility index (Phi) is 9.92. The van der Waals surface area contributed by atoms with Gasteiger partial charge in [0.15, 0.2) is 0 Å². The van der Waals surface area contributed by atoms with Crippen LogP contribution in [0.4, 0.5) is 0 Å². The Bertz CT molecular complexity index is 836. The van der Waals surface area contributed by atoms with Crippen molar-refractivity contribution in [1.82, 2.24) is 0 Å². The molecule has 8 heteroatoms. The van der Waals surface area contributed by atoms with E-state index in [1.165, 1.54) is 32.8 Å². The molecule has 7 nitrogen and oxygen atoms in total. The van der Waals surface area contributed by atoms with E-state index in [0.717, 1.165) is 69.1 Å². The molecule has 5 unspecified atom stereocenters. The molecule has 6 bridgehead atoms. The fraction of sp³-hybridized carbons (Fsp3) is 0.929. The van der Waals surface area contributed by atoms with Crippen molar-refractivity contribution >= 4 is 22.0 Å². The number of sulfonamides is 1. The van der Waals surface area contributed by atoms with Gasteiger partial charge in [0.25, 0.3) is 0 Å². The summed E-state index contributed by atoms with van der Waals surface area (Å²) in [6.07, 6.45) is 13.6. The Balaban J connectivity index is 0.000000164. The Morgan fingerprint density at radius 3 is 1.64 bits per heavy atom. The average molecular weight is 528 g/mol. The Hall–Kier alpha value is -1.15. The number of carbonyl (C=O) groups excluding carboxylic acids is 2. The van der Waals surface area contributed by atoms with Crippen LogP contribution in [0.2, 0.25) is 0 Å². The molecule has 6 aliphatic carbocycles. The molecular weight excluding hydrogens is 478 g/mol. The summed E-state index contributed by atoms with van der Waals surface area (Å²) in [6, 6.07) is 0. The van der Waals surface area contributed by atoms with Gasteiger partial charge in [-0.1, -0.05) is 34.1 Å². The van der Waals surface area contributed by atoms with Gasteiger partial charge in [-0.15, -0.1) is 0 Å². The third-order valence-corrected chi connectivity index (χ3v) is 11.0. The monoisotopic (exact) mass is 527 g/mol. The first kappa shape index (κ1) is 29.4. The molecule has 0 amide bonds. The molecule has 0 spiro atoms. The number of nitrogens with two attached hydrogens (primary N) is 1. The zero-order valence-corrected chi connectivity index (χ0v) is 23.9. The van der Waals surface area contributed by atoms with Crippen molar-refractivity contribution in [2.75, 3.05) is 7.11 Å². The maximum absolute atomic E-state index is 12.0. The van der Waals surface area contributed by atoms with E-state index in [-0.39, 0.29) is 34.6 Å². The predicted octanol–water partition coefficient (Wildman–Crippen LogP) is 5.21. The zero-order valence-electron chi connectivity index (χ0n) is 23.0. The summed E-state index contributed by atoms with van der Waals surface area (Å²) >= 11 is 0. The number of hydrogen-bond acceptors (Lipinski definition) is 6. The molecule has 0 saturated heterocycles. The molecule has 6 saturated carbocycles. The topological polar surface area (TPSA) is 113 Å². The van der Waals surface area contributed by atoms with Gasteiger partial charge < -0.3 is 9.47 Å². The van der Waals surface area contributed by atoms with Crippen LogP contribution in [0, 0.1) is 41.4 Å². The molecule has 208 valence electrons. The fourth-order valence-electron chi connectivity index (χ4n) is 7.59. The quantitative estimate of drug-likeness (QED) is 0.474. The highest BCUT2D eigenvalue weighted by Crippen LogP contribution is 2.57. The Morgan fingerprint density at radius 2 is 1.33 bits per heavy atom. The predicted molar refractivity (Wildman–Crippen MR) is 140 cm³/mol. The number of ether oxygens (including phenoxy) is 2. The molecule has 6 rings (SSSR count). The summed E-state index contributed by atoms with van der Waals surface area (Å²) in [7, 11) is -1.82. The lowest BCUT2D eigenvalue weighted by Crippen LogP contribution is -2.53. The highest BCUT2D eigenvalue weighted by molar-refractivity contribution is 7.89. The van der Waals surface area contributed by atoms with Crippen molar-refractivity contribution in [3.05, 3.63) is 0 Å². The van der Waals surface area contributed by atoms with Crippen LogP contribution in [-0.2, 0) is 29.1 Å². The molecule has 0 aromatic heterocycles. The summed E-state index contributed by atoms with van der Waals surface area (Å²) in [5.74, 6) is 3.66. The minimum atomic E-state index is -3.23. The first-order valence-corrected chi connectivity index (χ1v) is 15.8. The highest BCUT2D eigenvalue weighted by Gasteiger charge is 2.53. The van der Waals surface area contributed by atoms with Gasteiger partial charge in [-0.3, -0.25) is 9.59 Å². The molecule has 36 heavy (non-hydrogen) atoms. The number of fused-ring (bicyclic) bond motifs is 2. The van der Waals surface area contributed by atoms with Crippen LogP contribution in [0.1, 0.15) is 105 Å². The van der Waals surface area contributed by atoms with E-state index in [0.29, 0.717) is 11.8 Å². The minimum Gasteiger partial charge on any atom is -0.469 e. The highest BCUT2D eigenvalue weighted by atomic mass is 32.2.